The topological polar surface area (TPSA) is 70.2 Å². The van der Waals surface area contributed by atoms with Crippen molar-refractivity contribution in [1.82, 2.24) is 9.97 Å². The summed E-state index contributed by atoms with van der Waals surface area (Å²) in [5.74, 6) is 0.323. The number of nitrogens with zero attached hydrogens (tertiary/aromatic N) is 3. The first-order chi connectivity index (χ1) is 14.2. The van der Waals surface area contributed by atoms with E-state index >= 15 is 0 Å². The van der Waals surface area contributed by atoms with Gasteiger partial charge in [-0.3, -0.25) is 4.79 Å². The van der Waals surface area contributed by atoms with Crippen molar-refractivity contribution in [3.05, 3.63) is 72.2 Å². The highest BCUT2D eigenvalue weighted by atomic mass is 16.1. The molecule has 0 bridgehead atoms. The molecule has 2 aromatic carbocycles. The maximum Gasteiger partial charge on any atom is 0.275 e. The molecule has 0 unspecified atom stereocenters. The predicted octanol–water partition coefficient (Wildman–Crippen LogP) is 4.77. The van der Waals surface area contributed by atoms with Crippen molar-refractivity contribution in [2.75, 3.05) is 28.6 Å². The fourth-order valence-corrected chi connectivity index (χ4v) is 3.48. The van der Waals surface area contributed by atoms with E-state index in [1.54, 1.807) is 6.20 Å². The minimum atomic E-state index is -0.273. The van der Waals surface area contributed by atoms with Gasteiger partial charge in [0.15, 0.2) is 0 Å². The van der Waals surface area contributed by atoms with Crippen molar-refractivity contribution >= 4 is 28.8 Å². The summed E-state index contributed by atoms with van der Waals surface area (Å²) < 4.78 is 0. The number of nitrogens with one attached hydrogen (secondary N) is 2. The number of amides is 1. The Morgan fingerprint density at radius 1 is 0.931 bits per heavy atom. The van der Waals surface area contributed by atoms with Gasteiger partial charge in [0.05, 0.1) is 12.4 Å². The van der Waals surface area contributed by atoms with Gasteiger partial charge < -0.3 is 15.5 Å². The molecule has 3 aromatic rings. The van der Waals surface area contributed by atoms with E-state index in [2.05, 4.69) is 37.6 Å². The molecule has 6 heteroatoms. The van der Waals surface area contributed by atoms with E-state index < -0.39 is 0 Å². The van der Waals surface area contributed by atoms with E-state index in [1.165, 1.54) is 31.1 Å². The zero-order chi connectivity index (χ0) is 20.1. The summed E-state index contributed by atoms with van der Waals surface area (Å²) in [6.45, 7) is 4.23. The normalized spacial score (nSPS) is 13.8. The van der Waals surface area contributed by atoms with Crippen molar-refractivity contribution in [1.29, 1.82) is 0 Å². The molecule has 2 N–H and O–H groups in total. The number of aryl methyl sites for hydroxylation is 1. The Kier molecular flexibility index (Phi) is 5.70. The first-order valence-electron chi connectivity index (χ1n) is 9.99. The third kappa shape index (κ3) is 4.90. The minimum absolute atomic E-state index is 0.273. The van der Waals surface area contributed by atoms with Crippen LogP contribution in [0.3, 0.4) is 0 Å². The molecule has 1 saturated heterocycles. The Balaban J connectivity index is 1.36. The highest BCUT2D eigenvalue weighted by Crippen LogP contribution is 2.22. The number of anilines is 4. The molecule has 1 aliphatic heterocycles. The molecule has 0 spiro atoms. The molecule has 29 heavy (non-hydrogen) atoms. The van der Waals surface area contributed by atoms with Gasteiger partial charge in [0.25, 0.3) is 5.91 Å². The van der Waals surface area contributed by atoms with E-state index in [0.29, 0.717) is 5.82 Å². The van der Waals surface area contributed by atoms with Gasteiger partial charge in [-0.1, -0.05) is 12.1 Å². The average molecular weight is 387 g/mol. The molecule has 1 amide bonds. The number of piperidine rings is 1. The third-order valence-electron chi connectivity index (χ3n) is 5.02. The Hall–Kier alpha value is -3.41. The molecule has 2 heterocycles. The lowest BCUT2D eigenvalue weighted by Gasteiger charge is -2.28. The molecule has 0 saturated carbocycles. The molecule has 4 rings (SSSR count). The lowest BCUT2D eigenvalue weighted by Crippen LogP contribution is -2.29. The largest absolute Gasteiger partial charge is 0.372 e. The zero-order valence-electron chi connectivity index (χ0n) is 16.6. The highest BCUT2D eigenvalue weighted by molar-refractivity contribution is 6.02. The zero-order valence-corrected chi connectivity index (χ0v) is 16.6. The maximum atomic E-state index is 12.5. The molecule has 0 aliphatic carbocycles. The molecule has 1 fully saturated rings. The second-order valence-corrected chi connectivity index (χ2v) is 7.33. The standard InChI is InChI=1S/C23H25N5O/c1-17-6-5-7-19(14-17)26-22-16-24-21(15-25-22)23(29)27-18-8-10-20(11-9-18)28-12-3-2-4-13-28/h5-11,14-16H,2-4,12-13H2,1H3,(H,25,26)(H,27,29). The Labute approximate surface area is 171 Å². The van der Waals surface area contributed by atoms with E-state index in [1.807, 2.05) is 43.3 Å². The number of hydrogen-bond donors (Lipinski definition) is 2. The first-order valence-corrected chi connectivity index (χ1v) is 9.99. The van der Waals surface area contributed by atoms with Gasteiger partial charge in [-0.2, -0.15) is 0 Å². The second kappa shape index (κ2) is 8.73. The first kappa shape index (κ1) is 18.9. The second-order valence-electron chi connectivity index (χ2n) is 7.33. The van der Waals surface area contributed by atoms with E-state index in [4.69, 9.17) is 0 Å². The van der Waals surface area contributed by atoms with Crippen molar-refractivity contribution in [3.63, 3.8) is 0 Å². The summed E-state index contributed by atoms with van der Waals surface area (Å²) in [5.41, 5.74) is 4.32. The van der Waals surface area contributed by atoms with Crippen LogP contribution in [0.1, 0.15) is 35.3 Å². The number of rotatable bonds is 5. The number of carbonyl (C=O) groups is 1. The van der Waals surface area contributed by atoms with Crippen LogP contribution in [0.15, 0.2) is 60.9 Å². The van der Waals surface area contributed by atoms with Crippen molar-refractivity contribution in [2.45, 2.75) is 26.2 Å². The van der Waals surface area contributed by atoms with Crippen LogP contribution in [-0.2, 0) is 0 Å². The number of hydrogen-bond acceptors (Lipinski definition) is 5. The summed E-state index contributed by atoms with van der Waals surface area (Å²) >= 11 is 0. The summed E-state index contributed by atoms with van der Waals surface area (Å²) in [6.07, 6.45) is 6.84. The van der Waals surface area contributed by atoms with Gasteiger partial charge in [0, 0.05) is 30.2 Å². The smallest absolute Gasteiger partial charge is 0.275 e. The minimum Gasteiger partial charge on any atom is -0.372 e. The quantitative estimate of drug-likeness (QED) is 0.660. The van der Waals surface area contributed by atoms with Crippen LogP contribution in [0.25, 0.3) is 0 Å². The monoisotopic (exact) mass is 387 g/mol. The maximum absolute atomic E-state index is 12.5. The Morgan fingerprint density at radius 2 is 1.72 bits per heavy atom. The molecule has 6 nitrogen and oxygen atoms in total. The van der Waals surface area contributed by atoms with Gasteiger partial charge in [0.2, 0.25) is 0 Å². The van der Waals surface area contributed by atoms with Crippen LogP contribution in [0.2, 0.25) is 0 Å². The fraction of sp³-hybridized carbons (Fsp3) is 0.261. The summed E-state index contributed by atoms with van der Waals surface area (Å²) in [4.78, 5) is 23.4. The van der Waals surface area contributed by atoms with Crippen LogP contribution >= 0.6 is 0 Å². The molecular formula is C23H25N5O. The number of aromatic nitrogens is 2. The molecule has 1 aromatic heterocycles. The molecule has 0 radical (unpaired) electrons. The van der Waals surface area contributed by atoms with Crippen LogP contribution in [0, 0.1) is 6.92 Å². The average Bonchev–Trinajstić information content (AvgIpc) is 2.75. The SMILES string of the molecule is Cc1cccc(Nc2cnc(C(=O)Nc3ccc(N4CCCCC4)cc3)cn2)c1. The predicted molar refractivity (Wildman–Crippen MR) is 117 cm³/mol. The number of carbonyl (C=O) groups excluding carboxylic acids is 1. The van der Waals surface area contributed by atoms with E-state index in [0.717, 1.165) is 30.0 Å². The van der Waals surface area contributed by atoms with Crippen LogP contribution in [0.5, 0.6) is 0 Å². The highest BCUT2D eigenvalue weighted by Gasteiger charge is 2.12. The molecule has 0 atom stereocenters. The van der Waals surface area contributed by atoms with Crippen molar-refractivity contribution < 1.29 is 4.79 Å². The van der Waals surface area contributed by atoms with Crippen molar-refractivity contribution in [3.8, 4) is 0 Å². The summed E-state index contributed by atoms with van der Waals surface area (Å²) in [7, 11) is 0. The van der Waals surface area contributed by atoms with Gasteiger partial charge in [-0.15, -0.1) is 0 Å². The summed E-state index contributed by atoms with van der Waals surface area (Å²) in [5, 5.41) is 6.07. The van der Waals surface area contributed by atoms with Gasteiger partial charge in [-0.25, -0.2) is 9.97 Å². The third-order valence-corrected chi connectivity index (χ3v) is 5.02. The molecule has 148 valence electrons. The Bertz CT molecular complexity index is 963. The van der Waals surface area contributed by atoms with Crippen LogP contribution in [-0.4, -0.2) is 29.0 Å². The lowest BCUT2D eigenvalue weighted by atomic mass is 10.1. The Morgan fingerprint density at radius 3 is 2.41 bits per heavy atom. The lowest BCUT2D eigenvalue weighted by molar-refractivity contribution is 0.102. The fourth-order valence-electron chi connectivity index (χ4n) is 3.48. The molecule has 1 aliphatic rings. The summed E-state index contributed by atoms with van der Waals surface area (Å²) in [6, 6.07) is 16.0. The van der Waals surface area contributed by atoms with E-state index in [9.17, 15) is 4.79 Å². The van der Waals surface area contributed by atoms with Gasteiger partial charge in [0.1, 0.15) is 11.5 Å². The van der Waals surface area contributed by atoms with Gasteiger partial charge >= 0.3 is 0 Å². The number of benzene rings is 2. The van der Waals surface area contributed by atoms with E-state index in [-0.39, 0.29) is 11.6 Å². The van der Waals surface area contributed by atoms with Gasteiger partial charge in [-0.05, 0) is 68.1 Å². The molecular weight excluding hydrogens is 362 g/mol. The van der Waals surface area contributed by atoms with Crippen LogP contribution in [0.4, 0.5) is 22.9 Å². The van der Waals surface area contributed by atoms with Crippen molar-refractivity contribution in [2.24, 2.45) is 0 Å². The van der Waals surface area contributed by atoms with Crippen LogP contribution < -0.4 is 15.5 Å².